The van der Waals surface area contributed by atoms with E-state index < -0.39 is 0 Å². The summed E-state index contributed by atoms with van der Waals surface area (Å²) in [4.78, 5) is 0. The van der Waals surface area contributed by atoms with E-state index >= 15 is 0 Å². The van der Waals surface area contributed by atoms with Gasteiger partial charge in [0, 0.05) is 0 Å². The molecule has 0 aromatic heterocycles. The third kappa shape index (κ3) is 3.07. The van der Waals surface area contributed by atoms with Gasteiger partial charge in [-0.3, -0.25) is 0 Å². The van der Waals surface area contributed by atoms with Crippen molar-refractivity contribution in [2.24, 2.45) is 0 Å². The van der Waals surface area contributed by atoms with Crippen molar-refractivity contribution in [1.82, 2.24) is 0 Å². The van der Waals surface area contributed by atoms with Crippen molar-refractivity contribution in [1.29, 1.82) is 0 Å². The van der Waals surface area contributed by atoms with Gasteiger partial charge in [0.1, 0.15) is 0 Å². The van der Waals surface area contributed by atoms with E-state index in [0.29, 0.717) is 5.92 Å². The van der Waals surface area contributed by atoms with E-state index in [-0.39, 0.29) is 0 Å². The average Bonchev–Trinajstić information content (AvgIpc) is 2.38. The summed E-state index contributed by atoms with van der Waals surface area (Å²) in [5, 5.41) is 0. The molecule has 0 heterocycles. The van der Waals surface area contributed by atoms with E-state index in [0.717, 1.165) is 0 Å². The predicted molar refractivity (Wildman–Crippen MR) is 75.9 cm³/mol. The molecule has 0 amide bonds. The first-order valence-corrected chi connectivity index (χ1v) is 6.09. The SMILES string of the molecule is CC(C)c1ccccc1C=Cc1ccccc1. The van der Waals surface area contributed by atoms with E-state index in [1.165, 1.54) is 16.7 Å². The van der Waals surface area contributed by atoms with Crippen LogP contribution in [0.5, 0.6) is 0 Å². The van der Waals surface area contributed by atoms with Gasteiger partial charge in [-0.1, -0.05) is 80.6 Å². The van der Waals surface area contributed by atoms with Crippen LogP contribution in [0.1, 0.15) is 36.5 Å². The minimum Gasteiger partial charge on any atom is -0.0622 e. The van der Waals surface area contributed by atoms with E-state index in [1.54, 1.807) is 0 Å². The maximum Gasteiger partial charge on any atom is -0.0213 e. The van der Waals surface area contributed by atoms with Gasteiger partial charge in [0.2, 0.25) is 0 Å². The molecular formula is C17H18. The van der Waals surface area contributed by atoms with Gasteiger partial charge in [0.25, 0.3) is 0 Å². The van der Waals surface area contributed by atoms with E-state index in [1.807, 2.05) is 6.07 Å². The molecule has 0 bridgehead atoms. The van der Waals surface area contributed by atoms with Gasteiger partial charge >= 0.3 is 0 Å². The lowest BCUT2D eigenvalue weighted by Gasteiger charge is -2.08. The van der Waals surface area contributed by atoms with Gasteiger partial charge in [-0.05, 0) is 22.6 Å². The third-order valence-electron chi connectivity index (χ3n) is 2.87. The van der Waals surface area contributed by atoms with Crippen LogP contribution in [0.2, 0.25) is 0 Å². The Balaban J connectivity index is 2.27. The second-order valence-corrected chi connectivity index (χ2v) is 4.53. The molecule has 0 atom stereocenters. The number of benzene rings is 2. The van der Waals surface area contributed by atoms with Crippen LogP contribution in [0.15, 0.2) is 54.6 Å². The Morgan fingerprint density at radius 2 is 1.41 bits per heavy atom. The van der Waals surface area contributed by atoms with Crippen molar-refractivity contribution < 1.29 is 0 Å². The van der Waals surface area contributed by atoms with Gasteiger partial charge in [0.15, 0.2) is 0 Å². The Hall–Kier alpha value is -1.82. The summed E-state index contributed by atoms with van der Waals surface area (Å²) in [7, 11) is 0. The predicted octanol–water partition coefficient (Wildman–Crippen LogP) is 4.98. The van der Waals surface area contributed by atoms with Crippen LogP contribution < -0.4 is 0 Å². The molecule has 2 aromatic rings. The molecule has 0 aliphatic heterocycles. The molecule has 0 aliphatic rings. The molecule has 0 N–H and O–H groups in total. The Morgan fingerprint density at radius 3 is 2.12 bits per heavy atom. The zero-order valence-corrected chi connectivity index (χ0v) is 10.4. The average molecular weight is 222 g/mol. The van der Waals surface area contributed by atoms with Crippen molar-refractivity contribution in [3.05, 3.63) is 71.3 Å². The molecule has 0 saturated carbocycles. The molecule has 2 rings (SSSR count). The lowest BCUT2D eigenvalue weighted by molar-refractivity contribution is 0.864. The Morgan fingerprint density at radius 1 is 0.765 bits per heavy atom. The lowest BCUT2D eigenvalue weighted by atomic mass is 9.97. The first-order valence-electron chi connectivity index (χ1n) is 6.09. The zero-order chi connectivity index (χ0) is 12.1. The minimum absolute atomic E-state index is 0.562. The van der Waals surface area contributed by atoms with Gasteiger partial charge in [0.05, 0.1) is 0 Å². The standard InChI is InChI=1S/C17H18/c1-14(2)17-11-7-6-10-16(17)13-12-15-8-4-3-5-9-15/h3-14H,1-2H3. The second-order valence-electron chi connectivity index (χ2n) is 4.53. The first kappa shape index (κ1) is 11.7. The topological polar surface area (TPSA) is 0 Å². The summed E-state index contributed by atoms with van der Waals surface area (Å²) >= 11 is 0. The van der Waals surface area contributed by atoms with Gasteiger partial charge < -0.3 is 0 Å². The fraction of sp³-hybridized carbons (Fsp3) is 0.176. The Bertz CT molecular complexity index is 492. The number of rotatable bonds is 3. The monoisotopic (exact) mass is 222 g/mol. The highest BCUT2D eigenvalue weighted by Crippen LogP contribution is 2.21. The second kappa shape index (κ2) is 5.49. The first-order chi connectivity index (χ1) is 8.27. The van der Waals surface area contributed by atoms with Crippen molar-refractivity contribution in [3.63, 3.8) is 0 Å². The minimum atomic E-state index is 0.562. The summed E-state index contributed by atoms with van der Waals surface area (Å²) in [5.41, 5.74) is 3.96. The summed E-state index contributed by atoms with van der Waals surface area (Å²) < 4.78 is 0. The number of hydrogen-bond donors (Lipinski definition) is 0. The van der Waals surface area contributed by atoms with Gasteiger partial charge in [-0.15, -0.1) is 0 Å². The number of hydrogen-bond acceptors (Lipinski definition) is 0. The Kier molecular flexibility index (Phi) is 3.77. The molecule has 0 unspecified atom stereocenters. The quantitative estimate of drug-likeness (QED) is 0.642. The highest BCUT2D eigenvalue weighted by atomic mass is 14.1. The summed E-state index contributed by atoms with van der Waals surface area (Å²) in [6, 6.07) is 19.0. The van der Waals surface area contributed by atoms with Crippen molar-refractivity contribution in [2.45, 2.75) is 19.8 Å². The van der Waals surface area contributed by atoms with Crippen LogP contribution in [-0.4, -0.2) is 0 Å². The summed E-state index contributed by atoms with van der Waals surface area (Å²) in [5.74, 6) is 0.562. The van der Waals surface area contributed by atoms with Crippen molar-refractivity contribution >= 4 is 12.2 Å². The van der Waals surface area contributed by atoms with Gasteiger partial charge in [-0.2, -0.15) is 0 Å². The van der Waals surface area contributed by atoms with E-state index in [9.17, 15) is 0 Å². The zero-order valence-electron chi connectivity index (χ0n) is 10.4. The van der Waals surface area contributed by atoms with Crippen molar-refractivity contribution in [3.8, 4) is 0 Å². The molecule has 86 valence electrons. The lowest BCUT2D eigenvalue weighted by Crippen LogP contribution is -1.90. The molecule has 0 fully saturated rings. The highest BCUT2D eigenvalue weighted by molar-refractivity contribution is 5.71. The Labute approximate surface area is 104 Å². The largest absolute Gasteiger partial charge is 0.0622 e. The van der Waals surface area contributed by atoms with Crippen LogP contribution in [0, 0.1) is 0 Å². The molecule has 0 saturated heterocycles. The molecule has 0 spiro atoms. The molecule has 0 nitrogen and oxygen atoms in total. The smallest absolute Gasteiger partial charge is 0.0213 e. The van der Waals surface area contributed by atoms with E-state index in [2.05, 4.69) is 74.5 Å². The van der Waals surface area contributed by atoms with Gasteiger partial charge in [-0.25, -0.2) is 0 Å². The maximum atomic E-state index is 2.23. The van der Waals surface area contributed by atoms with Crippen LogP contribution in [0.3, 0.4) is 0 Å². The highest BCUT2D eigenvalue weighted by Gasteiger charge is 2.02. The molecular weight excluding hydrogens is 204 g/mol. The molecule has 2 aromatic carbocycles. The summed E-state index contributed by atoms with van der Waals surface area (Å²) in [6.07, 6.45) is 4.37. The van der Waals surface area contributed by atoms with Crippen LogP contribution in [0.4, 0.5) is 0 Å². The molecule has 0 aliphatic carbocycles. The fourth-order valence-corrected chi connectivity index (χ4v) is 1.94. The van der Waals surface area contributed by atoms with Crippen LogP contribution >= 0.6 is 0 Å². The molecule has 17 heavy (non-hydrogen) atoms. The molecule has 0 radical (unpaired) electrons. The maximum absolute atomic E-state index is 2.23. The third-order valence-corrected chi connectivity index (χ3v) is 2.87. The van der Waals surface area contributed by atoms with Crippen molar-refractivity contribution in [2.75, 3.05) is 0 Å². The fourth-order valence-electron chi connectivity index (χ4n) is 1.94. The van der Waals surface area contributed by atoms with Crippen LogP contribution in [0.25, 0.3) is 12.2 Å². The van der Waals surface area contributed by atoms with E-state index in [4.69, 9.17) is 0 Å². The molecule has 0 heteroatoms. The summed E-state index contributed by atoms with van der Waals surface area (Å²) in [6.45, 7) is 4.46. The van der Waals surface area contributed by atoms with Crippen LogP contribution in [-0.2, 0) is 0 Å². The normalized spacial score (nSPS) is 11.2.